The molecule has 1 fully saturated rings. The predicted molar refractivity (Wildman–Crippen MR) is 80.4 cm³/mol. The fraction of sp³-hybridized carbons (Fsp3) is 0.588. The van der Waals surface area contributed by atoms with Crippen molar-refractivity contribution in [3.63, 3.8) is 0 Å². The summed E-state index contributed by atoms with van der Waals surface area (Å²) in [5, 5.41) is 12.0. The zero-order chi connectivity index (χ0) is 14.0. The molecule has 1 aliphatic rings. The number of hydrogen-bond acceptors (Lipinski definition) is 3. The summed E-state index contributed by atoms with van der Waals surface area (Å²) in [5.74, 6) is 1.76. The third-order valence-electron chi connectivity index (χ3n) is 3.97. The normalized spacial score (nSPS) is 15.2. The molecule has 2 rings (SSSR count). The van der Waals surface area contributed by atoms with Crippen molar-refractivity contribution < 1.29 is 4.74 Å². The first-order valence-corrected chi connectivity index (χ1v) is 7.68. The van der Waals surface area contributed by atoms with Gasteiger partial charge in [0, 0.05) is 6.54 Å². The van der Waals surface area contributed by atoms with Gasteiger partial charge in [0.25, 0.3) is 0 Å². The largest absolute Gasteiger partial charge is 0.479 e. The summed E-state index contributed by atoms with van der Waals surface area (Å²) in [6.45, 7) is 2.06. The third-order valence-corrected chi connectivity index (χ3v) is 3.97. The Morgan fingerprint density at radius 1 is 1.30 bits per heavy atom. The van der Waals surface area contributed by atoms with Crippen LogP contribution in [0.1, 0.15) is 44.1 Å². The van der Waals surface area contributed by atoms with Gasteiger partial charge >= 0.3 is 0 Å². The second-order valence-electron chi connectivity index (χ2n) is 5.56. The van der Waals surface area contributed by atoms with Crippen molar-refractivity contribution in [2.24, 2.45) is 5.92 Å². The molecule has 0 bridgehead atoms. The summed E-state index contributed by atoms with van der Waals surface area (Å²) in [7, 11) is 0. The van der Waals surface area contributed by atoms with Gasteiger partial charge in [-0.15, -0.1) is 0 Å². The van der Waals surface area contributed by atoms with E-state index in [-0.39, 0.29) is 6.61 Å². The predicted octanol–water partition coefficient (Wildman–Crippen LogP) is 3.65. The van der Waals surface area contributed by atoms with Crippen molar-refractivity contribution in [1.29, 1.82) is 5.26 Å². The summed E-state index contributed by atoms with van der Waals surface area (Å²) in [4.78, 5) is 0. The highest BCUT2D eigenvalue weighted by atomic mass is 16.5. The minimum absolute atomic E-state index is 0.109. The molecule has 0 aromatic heterocycles. The van der Waals surface area contributed by atoms with E-state index in [1.54, 1.807) is 0 Å². The Morgan fingerprint density at radius 3 is 2.95 bits per heavy atom. The summed E-state index contributed by atoms with van der Waals surface area (Å²) in [5.41, 5.74) is 1.21. The van der Waals surface area contributed by atoms with Crippen molar-refractivity contribution in [3.05, 3.63) is 29.8 Å². The van der Waals surface area contributed by atoms with Crippen LogP contribution in [0.15, 0.2) is 24.3 Å². The molecule has 0 atom stereocenters. The lowest BCUT2D eigenvalue weighted by Crippen LogP contribution is -2.15. The summed E-state index contributed by atoms with van der Waals surface area (Å²) < 4.78 is 5.30. The first-order chi connectivity index (χ1) is 9.88. The minimum Gasteiger partial charge on any atom is -0.479 e. The average molecular weight is 272 g/mol. The molecule has 1 aromatic carbocycles. The maximum atomic E-state index is 8.50. The van der Waals surface area contributed by atoms with Crippen molar-refractivity contribution in [2.45, 2.75) is 45.1 Å². The van der Waals surface area contributed by atoms with Crippen LogP contribution in [0, 0.1) is 17.2 Å². The Bertz CT molecular complexity index is 433. The number of hydrogen-bond donors (Lipinski definition) is 1. The number of ether oxygens (including phenoxy) is 1. The van der Waals surface area contributed by atoms with Gasteiger partial charge in [0.05, 0.1) is 0 Å². The van der Waals surface area contributed by atoms with E-state index in [0.717, 1.165) is 24.8 Å². The topological polar surface area (TPSA) is 45.0 Å². The molecule has 1 N–H and O–H groups in total. The van der Waals surface area contributed by atoms with Crippen molar-refractivity contribution in [2.75, 3.05) is 13.2 Å². The maximum absolute atomic E-state index is 8.50. The standard InChI is InChI=1S/C17H24N2O/c18-10-12-20-17-9-3-7-16(13-17)14-19-11-4-8-15-5-1-2-6-15/h3,7,9,13,15,19H,1-2,4-6,8,11-12,14H2. The SMILES string of the molecule is N#CCOc1cccc(CNCCCC2CCCC2)c1. The average Bonchev–Trinajstić information content (AvgIpc) is 2.98. The van der Waals surface area contributed by atoms with Crippen molar-refractivity contribution >= 4 is 0 Å². The molecule has 1 saturated carbocycles. The van der Waals surface area contributed by atoms with Gasteiger partial charge in [-0.25, -0.2) is 0 Å². The van der Waals surface area contributed by atoms with Crippen LogP contribution in [0.4, 0.5) is 0 Å². The first kappa shape index (κ1) is 14.9. The van der Waals surface area contributed by atoms with E-state index in [4.69, 9.17) is 10.00 Å². The van der Waals surface area contributed by atoms with E-state index < -0.39 is 0 Å². The van der Waals surface area contributed by atoms with Gasteiger partial charge in [0.2, 0.25) is 0 Å². The quantitative estimate of drug-likeness (QED) is 0.735. The molecule has 108 valence electrons. The molecule has 1 aliphatic carbocycles. The van der Waals surface area contributed by atoms with Crippen molar-refractivity contribution in [1.82, 2.24) is 5.32 Å². The molecular weight excluding hydrogens is 248 g/mol. The van der Waals surface area contributed by atoms with Crippen LogP contribution in [-0.4, -0.2) is 13.2 Å². The van der Waals surface area contributed by atoms with Crippen LogP contribution < -0.4 is 10.1 Å². The van der Waals surface area contributed by atoms with Crippen molar-refractivity contribution in [3.8, 4) is 11.8 Å². The van der Waals surface area contributed by atoms with E-state index in [9.17, 15) is 0 Å². The molecule has 3 heteroatoms. The Labute approximate surface area is 121 Å². The van der Waals surface area contributed by atoms with Crippen LogP contribution in [0.3, 0.4) is 0 Å². The number of nitrogens with zero attached hydrogens (tertiary/aromatic N) is 1. The summed E-state index contributed by atoms with van der Waals surface area (Å²) >= 11 is 0. The zero-order valence-corrected chi connectivity index (χ0v) is 12.1. The fourth-order valence-corrected chi connectivity index (χ4v) is 2.91. The van der Waals surface area contributed by atoms with Gasteiger partial charge in [0.1, 0.15) is 11.8 Å². The van der Waals surface area contributed by atoms with Gasteiger partial charge in [-0.3, -0.25) is 0 Å². The smallest absolute Gasteiger partial charge is 0.174 e. The fourth-order valence-electron chi connectivity index (χ4n) is 2.91. The Balaban J connectivity index is 1.62. The molecule has 0 spiro atoms. The molecule has 0 aliphatic heterocycles. The molecule has 0 saturated heterocycles. The lowest BCUT2D eigenvalue weighted by molar-refractivity contribution is 0.367. The molecule has 0 heterocycles. The van der Waals surface area contributed by atoms with Crippen LogP contribution in [0.2, 0.25) is 0 Å². The van der Waals surface area contributed by atoms with E-state index in [2.05, 4.69) is 11.4 Å². The molecular formula is C17H24N2O. The highest BCUT2D eigenvalue weighted by Gasteiger charge is 2.13. The monoisotopic (exact) mass is 272 g/mol. The van der Waals surface area contributed by atoms with E-state index >= 15 is 0 Å². The van der Waals surface area contributed by atoms with Gasteiger partial charge in [-0.2, -0.15) is 5.26 Å². The van der Waals surface area contributed by atoms with E-state index in [1.165, 1.54) is 44.1 Å². The number of benzene rings is 1. The van der Waals surface area contributed by atoms with Crippen LogP contribution >= 0.6 is 0 Å². The van der Waals surface area contributed by atoms with Crippen LogP contribution in [-0.2, 0) is 6.54 Å². The Morgan fingerprint density at radius 2 is 2.15 bits per heavy atom. The maximum Gasteiger partial charge on any atom is 0.174 e. The Kier molecular flexibility index (Phi) is 6.40. The molecule has 1 aromatic rings. The lowest BCUT2D eigenvalue weighted by atomic mass is 10.0. The van der Waals surface area contributed by atoms with Gasteiger partial charge < -0.3 is 10.1 Å². The second-order valence-corrected chi connectivity index (χ2v) is 5.56. The summed E-state index contributed by atoms with van der Waals surface area (Å²) in [6.07, 6.45) is 8.41. The van der Waals surface area contributed by atoms with Gasteiger partial charge in [0.15, 0.2) is 6.61 Å². The van der Waals surface area contributed by atoms with E-state index in [1.807, 2.05) is 24.3 Å². The number of nitrogens with one attached hydrogen (secondary N) is 1. The lowest BCUT2D eigenvalue weighted by Gasteiger charge is -2.10. The second kappa shape index (κ2) is 8.60. The highest BCUT2D eigenvalue weighted by molar-refractivity contribution is 5.28. The molecule has 0 radical (unpaired) electrons. The minimum atomic E-state index is 0.109. The van der Waals surface area contributed by atoms with Crippen LogP contribution in [0.5, 0.6) is 5.75 Å². The Hall–Kier alpha value is -1.53. The van der Waals surface area contributed by atoms with E-state index in [0.29, 0.717) is 0 Å². The molecule has 0 amide bonds. The first-order valence-electron chi connectivity index (χ1n) is 7.68. The van der Waals surface area contributed by atoms with Crippen LogP contribution in [0.25, 0.3) is 0 Å². The number of rotatable bonds is 8. The zero-order valence-electron chi connectivity index (χ0n) is 12.1. The molecule has 20 heavy (non-hydrogen) atoms. The third kappa shape index (κ3) is 5.22. The highest BCUT2D eigenvalue weighted by Crippen LogP contribution is 2.28. The molecule has 3 nitrogen and oxygen atoms in total. The van der Waals surface area contributed by atoms with Gasteiger partial charge in [-0.1, -0.05) is 37.8 Å². The molecule has 0 unspecified atom stereocenters. The summed E-state index contributed by atoms with van der Waals surface area (Å²) in [6, 6.07) is 9.94. The number of nitriles is 1. The van der Waals surface area contributed by atoms with Gasteiger partial charge in [-0.05, 0) is 43.0 Å².